The molecular formula is C79H134N15O15P5. The van der Waals surface area contributed by atoms with E-state index in [9.17, 15) is 46.0 Å². The van der Waals surface area contributed by atoms with Gasteiger partial charge in [0.2, 0.25) is 0 Å². The van der Waals surface area contributed by atoms with Crippen LogP contribution in [0.15, 0.2) is 137 Å². The van der Waals surface area contributed by atoms with E-state index in [0.29, 0.717) is 66.5 Å². The van der Waals surface area contributed by atoms with Gasteiger partial charge in [0.05, 0.1) is 30.5 Å². The molecule has 35 heteroatoms. The number of hydrogen-bond donors (Lipinski definition) is 13. The van der Waals surface area contributed by atoms with Crippen LogP contribution in [0.5, 0.6) is 0 Å². The Balaban J connectivity index is 0.000000197. The van der Waals surface area contributed by atoms with Gasteiger partial charge >= 0.3 is 0 Å². The fourth-order valence-electron chi connectivity index (χ4n) is 13.6. The molecule has 114 heavy (non-hydrogen) atoms. The Kier molecular flexibility index (Phi) is 33.5. The molecule has 0 amide bonds. The molecule has 5 fully saturated rings. The highest BCUT2D eigenvalue weighted by atomic mass is 31.2. The second-order valence-electron chi connectivity index (χ2n) is 33.9. The van der Waals surface area contributed by atoms with Crippen LogP contribution in [0.3, 0.4) is 0 Å². The molecule has 0 saturated carbocycles. The number of ether oxygens (including phenoxy) is 6. The van der Waals surface area contributed by atoms with Gasteiger partial charge in [-0.2, -0.15) is 0 Å². The first-order valence-corrected chi connectivity index (χ1v) is 53.3. The van der Waals surface area contributed by atoms with Gasteiger partial charge in [0.1, 0.15) is 119 Å². The van der Waals surface area contributed by atoms with Crippen molar-refractivity contribution in [3.8, 4) is 0 Å². The number of fused-ring (bicyclic) bond motifs is 1. The van der Waals surface area contributed by atoms with E-state index in [4.69, 9.17) is 33.8 Å². The second kappa shape index (κ2) is 40.0. The molecule has 640 valence electrons. The largest absolute Gasteiger partial charge is 0.388 e. The molecule has 0 aromatic carbocycles. The highest BCUT2D eigenvalue weighted by molar-refractivity contribution is 7.73. The van der Waals surface area contributed by atoms with Gasteiger partial charge in [0.25, 0.3) is 0 Å². The van der Waals surface area contributed by atoms with E-state index < -0.39 is 145 Å². The average molecular weight is 1690 g/mol. The smallest absolute Gasteiger partial charge is 0.164 e. The van der Waals surface area contributed by atoms with Gasteiger partial charge in [-0.25, -0.2) is 9.98 Å². The normalized spacial score (nSPS) is 32.4. The first-order chi connectivity index (χ1) is 52.9. The van der Waals surface area contributed by atoms with Crippen LogP contribution in [-0.4, -0.2) is 403 Å². The minimum atomic E-state index is -1.20. The van der Waals surface area contributed by atoms with Gasteiger partial charge in [-0.3, -0.25) is 15.4 Å². The molecule has 10 aliphatic rings. The third-order valence-electron chi connectivity index (χ3n) is 20.4. The third-order valence-corrected chi connectivity index (χ3v) is 27.8. The number of H-pyrrole nitrogens is 1. The first kappa shape index (κ1) is 95.5. The van der Waals surface area contributed by atoms with Gasteiger partial charge in [-0.05, 0) is 167 Å². The van der Waals surface area contributed by atoms with E-state index in [0.717, 1.165) is 65.3 Å². The Bertz CT molecular complexity index is 4230. The van der Waals surface area contributed by atoms with Crippen LogP contribution in [0, 0.1) is 12.3 Å². The average Bonchev–Trinajstić information content (AvgIpc) is 1.61. The van der Waals surface area contributed by atoms with E-state index in [1.54, 1.807) is 83.5 Å². The number of hydrogen-bond acceptors (Lipinski definition) is 26. The van der Waals surface area contributed by atoms with Crippen LogP contribution in [-0.2, 0) is 28.4 Å². The summed E-state index contributed by atoms with van der Waals surface area (Å²) >= 11 is 0. The predicted molar refractivity (Wildman–Crippen MR) is 477 cm³/mol. The third kappa shape index (κ3) is 25.7. The lowest BCUT2D eigenvalue weighted by atomic mass is 10.1. The van der Waals surface area contributed by atoms with Crippen molar-refractivity contribution >= 4 is 95.5 Å². The molecule has 0 unspecified atom stereocenters. The van der Waals surface area contributed by atoms with Crippen molar-refractivity contribution in [3.63, 3.8) is 0 Å². The number of aromatic amines is 1. The summed E-state index contributed by atoms with van der Waals surface area (Å²) in [5.41, 5.74) is 1.75. The summed E-state index contributed by atoms with van der Waals surface area (Å²) in [7, 11) is 10.5. The van der Waals surface area contributed by atoms with Crippen LogP contribution < -0.4 is 21.3 Å². The molecule has 5 saturated heterocycles. The van der Waals surface area contributed by atoms with E-state index in [1.165, 1.54) is 0 Å². The Morgan fingerprint density at radius 2 is 0.816 bits per heavy atom. The minimum Gasteiger partial charge on any atom is -0.388 e. The molecule has 1 aromatic heterocycles. The van der Waals surface area contributed by atoms with Gasteiger partial charge in [0.15, 0.2) is 31.1 Å². The molecule has 0 bridgehead atoms. The van der Waals surface area contributed by atoms with Gasteiger partial charge < -0.3 is 124 Å². The standard InChI is InChI=1S/C17H26N3O3P.2C16H28N3O3P.2C15H26N3O3P/c1-10-8-12-9-20(11(2)19-16(12)18-10)17-15(22)14(21)13(23-17)6-7-24(3,4)5;1-11-17-13(18(2)3)7-9-19(11)16-15(21)14(20)12(22-16)8-10-23(4,5)6;1-11-18-13(17-2)7-9-19(11)16-15(21-3)14(20)12(22-16)8-10-23(4,5)6;1-10-17(2)12(16)6-8-18(10)15-14(20)13(19)11(21-15)7-9-22(3,4)5;1-10-17-12(16-2)6-8-18(10)15-14(20)13(19)11(21-15)7-9-22(3,4)5/h8-9,13-15,17,21-22H,2-3,6-7H2,1,4-5H3,(H,18,19);7,9,12,14-16,20-21H,1,4,8,10H2,2-3,5-6H3;7,9,12,14-16,20H,1,4,8,10H2,2-3,5-6H3,(H,17,18);6,8,11,13-16,19-20H,1,3,7,9H2,2,4-5H3;6,8,11,13-15,19-20H,1,3,7,9H2,2,4-5H3,(H,16,17)/t13-,14-,15-,17-;2*12-,14-,15-,16-;2*11-,13-,14-,15-/m11111/s1. The number of aliphatic imine (C=N–C) groups is 3. The molecule has 11 heterocycles. The molecule has 11 rings (SSSR count). The van der Waals surface area contributed by atoms with Crippen molar-refractivity contribution in [1.29, 1.82) is 5.41 Å². The van der Waals surface area contributed by atoms with Crippen LogP contribution in [0.1, 0.15) is 37.8 Å². The molecule has 0 spiro atoms. The highest BCUT2D eigenvalue weighted by Crippen LogP contribution is 2.44. The number of amidine groups is 4. The summed E-state index contributed by atoms with van der Waals surface area (Å²) in [4.78, 5) is 32.2. The number of nitrogens with one attached hydrogen (secondary N) is 4. The zero-order valence-electron chi connectivity index (χ0n) is 70.1. The molecule has 20 atom stereocenters. The highest BCUT2D eigenvalue weighted by Gasteiger charge is 2.51. The van der Waals surface area contributed by atoms with E-state index >= 15 is 0 Å². The lowest BCUT2D eigenvalue weighted by Gasteiger charge is -2.37. The van der Waals surface area contributed by atoms with Gasteiger partial charge in [-0.1, -0.05) is 32.9 Å². The van der Waals surface area contributed by atoms with E-state index in [1.807, 2.05) is 61.4 Å². The summed E-state index contributed by atoms with van der Waals surface area (Å²) in [6.45, 7) is 37.3. The maximum Gasteiger partial charge on any atom is 0.164 e. The molecule has 30 nitrogen and oxygen atoms in total. The predicted octanol–water partition coefficient (Wildman–Crippen LogP) is 3.10. The zero-order valence-corrected chi connectivity index (χ0v) is 74.6. The van der Waals surface area contributed by atoms with Crippen molar-refractivity contribution in [2.24, 2.45) is 20.0 Å². The molecule has 13 N–H and O–H groups in total. The zero-order chi connectivity index (χ0) is 85.4. The number of nitrogens with zero attached hydrogens (tertiary/aromatic N) is 11. The molecule has 0 aliphatic carbocycles. The number of rotatable bonds is 21. The van der Waals surface area contributed by atoms with Gasteiger partial charge in [-0.15, -0.1) is 65.9 Å². The van der Waals surface area contributed by atoms with Crippen molar-refractivity contribution < 1.29 is 74.4 Å². The Morgan fingerprint density at radius 1 is 0.482 bits per heavy atom. The van der Waals surface area contributed by atoms with Crippen LogP contribution >= 0.6 is 34.4 Å². The Labute approximate surface area is 676 Å². The lowest BCUT2D eigenvalue weighted by molar-refractivity contribution is -0.0709. The number of methoxy groups -OCH3 is 1. The van der Waals surface area contributed by atoms with Crippen molar-refractivity contribution in [1.82, 2.24) is 49.9 Å². The van der Waals surface area contributed by atoms with Crippen molar-refractivity contribution in [2.75, 3.05) is 140 Å². The van der Waals surface area contributed by atoms with E-state index in [-0.39, 0.29) is 12.2 Å². The summed E-state index contributed by atoms with van der Waals surface area (Å²) in [6, 6.07) is 1.98. The molecule has 1 aromatic rings. The summed E-state index contributed by atoms with van der Waals surface area (Å²) in [5.74, 6) is 5.23. The fraction of sp³-hybridized carbons (Fsp3) is 0.595. The first-order valence-electron chi connectivity index (χ1n) is 38.1. The minimum absolute atomic E-state index is 0.256. The van der Waals surface area contributed by atoms with Crippen molar-refractivity contribution in [3.05, 3.63) is 134 Å². The van der Waals surface area contributed by atoms with Crippen LogP contribution in [0.25, 0.3) is 6.20 Å². The summed E-state index contributed by atoms with van der Waals surface area (Å²) in [5, 5.41) is 108. The van der Waals surface area contributed by atoms with Gasteiger partial charge in [0, 0.05) is 84.3 Å². The number of aromatic nitrogens is 1. The second-order valence-corrected chi connectivity index (χ2v) is 55.5. The van der Waals surface area contributed by atoms with Crippen molar-refractivity contribution in [2.45, 2.75) is 162 Å². The lowest BCUT2D eigenvalue weighted by Crippen LogP contribution is -2.47. The summed E-state index contributed by atoms with van der Waals surface area (Å²) in [6.07, 6.45) is 31.3. The summed E-state index contributed by atoms with van der Waals surface area (Å²) < 4.78 is 35.2. The maximum atomic E-state index is 10.5. The molecular weight excluding hydrogens is 1550 g/mol. The monoisotopic (exact) mass is 1690 g/mol. The maximum absolute atomic E-state index is 10.5. The molecule has 10 aliphatic heterocycles. The number of likely N-dealkylation sites (N-methyl/N-ethyl adjacent to an activating group) is 2. The van der Waals surface area contributed by atoms with E-state index in [2.05, 4.69) is 167 Å². The number of aliphatic hydroxyl groups is 9. The Morgan fingerprint density at radius 3 is 1.18 bits per heavy atom. The van der Waals surface area contributed by atoms with Crippen LogP contribution in [0.4, 0.5) is 0 Å². The number of aryl methyl sites for hydroxylation is 1. The van der Waals surface area contributed by atoms with Crippen LogP contribution in [0.2, 0.25) is 0 Å². The number of aliphatic hydroxyl groups excluding tert-OH is 9. The quantitative estimate of drug-likeness (QED) is 0.0786. The fourth-order valence-corrected chi connectivity index (χ4v) is 18.4. The SMILES string of the molecule is C=C1N(C)C(=N)C=CN1[C@@H]1O[C@H](CCP(=C)(C)C)[C@@H](O)[C@H]1O.C=C1N=C(N(C)C)C=CN1[C@@H]1O[C@H](CCP(=C)(C)C)[C@@H](O)[C@H]1O.C=C1N=c2[nH]c(C)cc2=CN1[C@@H]1O[C@H](CCP(=C)(C)C)[C@@H](O)[C@H]1O.C=C1NC(=NC)C=CN1[C@@H]1O[C@H](CCP(=C)(C)C)[C@@H](O)[C@H]1O.C=C1NC(=NC)C=CN1[C@@H]1O[C@H](CCP(=C)(C)C)[C@@H](O)[C@H]1OC. The topological polar surface area (TPSA) is 373 Å². The Hall–Kier alpha value is -5.61. The molecule has 0 radical (unpaired) electrons.